The summed E-state index contributed by atoms with van der Waals surface area (Å²) in [4.78, 5) is 24.7. The van der Waals surface area contributed by atoms with Gasteiger partial charge in [-0.05, 0) is 39.5 Å². The van der Waals surface area contributed by atoms with Crippen molar-refractivity contribution in [3.8, 4) is 0 Å². The Labute approximate surface area is 94.9 Å². The first-order valence-electron chi connectivity index (χ1n) is 5.60. The summed E-state index contributed by atoms with van der Waals surface area (Å²) < 4.78 is 5.28. The third-order valence-corrected chi connectivity index (χ3v) is 3.04. The van der Waals surface area contributed by atoms with Gasteiger partial charge in [-0.25, -0.2) is 4.79 Å². The van der Waals surface area contributed by atoms with Gasteiger partial charge in [0, 0.05) is 6.04 Å². The minimum atomic E-state index is -0.535. The van der Waals surface area contributed by atoms with E-state index in [1.807, 2.05) is 20.8 Å². The Balaban J connectivity index is 2.07. The molecule has 2 N–H and O–H groups in total. The molecule has 0 aromatic heterocycles. The van der Waals surface area contributed by atoms with Crippen LogP contribution in [0.3, 0.4) is 0 Å². The minimum Gasteiger partial charge on any atom is -0.444 e. The number of rotatable bonds is 1. The van der Waals surface area contributed by atoms with Gasteiger partial charge in [0.1, 0.15) is 11.6 Å². The van der Waals surface area contributed by atoms with E-state index < -0.39 is 23.6 Å². The van der Waals surface area contributed by atoms with Crippen LogP contribution in [0.5, 0.6) is 0 Å². The molecular formula is C11H18N2O3. The summed E-state index contributed by atoms with van der Waals surface area (Å²) in [6.07, 6.45) is 1.25. The van der Waals surface area contributed by atoms with Crippen molar-refractivity contribution < 1.29 is 14.3 Å². The molecule has 2 amide bonds. The second-order valence-electron chi connectivity index (χ2n) is 5.60. The van der Waals surface area contributed by atoms with E-state index in [1.54, 1.807) is 0 Å². The number of nitrogens with two attached hydrogens (primary N) is 1. The molecule has 16 heavy (non-hydrogen) atoms. The lowest BCUT2D eigenvalue weighted by Gasteiger charge is -2.28. The molecule has 5 nitrogen and oxygen atoms in total. The number of piperidine rings is 1. The Morgan fingerprint density at radius 3 is 2.44 bits per heavy atom. The van der Waals surface area contributed by atoms with Crippen LogP contribution in [-0.4, -0.2) is 34.6 Å². The molecule has 0 aromatic carbocycles. The molecule has 0 aromatic rings. The van der Waals surface area contributed by atoms with Crippen LogP contribution in [0.15, 0.2) is 0 Å². The van der Waals surface area contributed by atoms with Gasteiger partial charge in [0.05, 0.1) is 0 Å². The number of fused-ring (bicyclic) bond motifs is 1. The number of hydrogen-bond acceptors (Lipinski definition) is 3. The highest BCUT2D eigenvalue weighted by molar-refractivity contribution is 5.85. The molecule has 2 aliphatic rings. The molecule has 1 saturated heterocycles. The first kappa shape index (κ1) is 11.2. The quantitative estimate of drug-likeness (QED) is 0.721. The standard InChI is InChI=1S/C11H18N2O3/c1-11(2,3)16-10(15)13-7-4-6(7)5-8(13)9(12)14/h6-8H,4-5H2,1-3H3,(H2,12,14)/t6-,7-,8+/m0/s1. The maximum atomic E-state index is 11.9. The van der Waals surface area contributed by atoms with E-state index in [2.05, 4.69) is 0 Å². The van der Waals surface area contributed by atoms with Crippen molar-refractivity contribution in [3.63, 3.8) is 0 Å². The zero-order valence-electron chi connectivity index (χ0n) is 9.90. The van der Waals surface area contributed by atoms with Crippen LogP contribution < -0.4 is 5.73 Å². The van der Waals surface area contributed by atoms with E-state index in [1.165, 1.54) is 4.90 Å². The van der Waals surface area contributed by atoms with Crippen LogP contribution in [0.1, 0.15) is 33.6 Å². The van der Waals surface area contributed by atoms with Crippen molar-refractivity contribution >= 4 is 12.0 Å². The Kier molecular flexibility index (Phi) is 2.36. The maximum Gasteiger partial charge on any atom is 0.411 e. The fourth-order valence-electron chi connectivity index (χ4n) is 2.29. The molecule has 1 heterocycles. The molecule has 0 unspecified atom stereocenters. The molecule has 5 heteroatoms. The van der Waals surface area contributed by atoms with Gasteiger partial charge in [0.25, 0.3) is 0 Å². The van der Waals surface area contributed by atoms with Crippen LogP contribution in [0.2, 0.25) is 0 Å². The van der Waals surface area contributed by atoms with Gasteiger partial charge >= 0.3 is 6.09 Å². The Morgan fingerprint density at radius 1 is 1.31 bits per heavy atom. The molecule has 1 aliphatic heterocycles. The fourth-order valence-corrected chi connectivity index (χ4v) is 2.29. The summed E-state index contributed by atoms with van der Waals surface area (Å²) in [5.41, 5.74) is 4.75. The summed E-state index contributed by atoms with van der Waals surface area (Å²) in [6, 6.07) is -0.300. The van der Waals surface area contributed by atoms with Gasteiger partial charge in [-0.1, -0.05) is 0 Å². The number of ether oxygens (including phenoxy) is 1. The van der Waals surface area contributed by atoms with Crippen LogP contribution in [-0.2, 0) is 9.53 Å². The van der Waals surface area contributed by atoms with Crippen molar-refractivity contribution in [1.82, 2.24) is 4.90 Å². The number of primary amides is 1. The van der Waals surface area contributed by atoms with E-state index in [4.69, 9.17) is 10.5 Å². The topological polar surface area (TPSA) is 72.6 Å². The van der Waals surface area contributed by atoms with Crippen molar-refractivity contribution in [2.24, 2.45) is 11.7 Å². The van der Waals surface area contributed by atoms with Gasteiger partial charge in [-0.3, -0.25) is 9.69 Å². The summed E-state index contributed by atoms with van der Waals surface area (Å²) >= 11 is 0. The molecular weight excluding hydrogens is 208 g/mol. The molecule has 0 bridgehead atoms. The molecule has 3 atom stereocenters. The molecule has 0 radical (unpaired) electrons. The highest BCUT2D eigenvalue weighted by Gasteiger charge is 2.56. The second kappa shape index (κ2) is 3.37. The van der Waals surface area contributed by atoms with E-state index in [0.717, 1.165) is 6.42 Å². The Hall–Kier alpha value is -1.26. The lowest BCUT2D eigenvalue weighted by molar-refractivity contribution is -0.122. The first-order chi connectivity index (χ1) is 7.29. The highest BCUT2D eigenvalue weighted by Crippen LogP contribution is 2.48. The van der Waals surface area contributed by atoms with E-state index >= 15 is 0 Å². The van der Waals surface area contributed by atoms with E-state index in [9.17, 15) is 9.59 Å². The van der Waals surface area contributed by atoms with Gasteiger partial charge in [-0.2, -0.15) is 0 Å². The summed E-state index contributed by atoms with van der Waals surface area (Å²) in [7, 11) is 0. The number of likely N-dealkylation sites (tertiary alicyclic amines) is 1. The molecule has 2 fully saturated rings. The summed E-state index contributed by atoms with van der Waals surface area (Å²) in [6.45, 7) is 5.43. The largest absolute Gasteiger partial charge is 0.444 e. The zero-order valence-corrected chi connectivity index (χ0v) is 9.90. The van der Waals surface area contributed by atoms with Crippen molar-refractivity contribution in [2.75, 3.05) is 0 Å². The van der Waals surface area contributed by atoms with Gasteiger partial charge < -0.3 is 10.5 Å². The minimum absolute atomic E-state index is 0.173. The Morgan fingerprint density at radius 2 is 1.94 bits per heavy atom. The average molecular weight is 226 g/mol. The number of carbonyl (C=O) groups excluding carboxylic acids is 2. The smallest absolute Gasteiger partial charge is 0.411 e. The molecule has 0 spiro atoms. The SMILES string of the molecule is CC(C)(C)OC(=O)N1[C@@H](C(N)=O)C[C@@H]2C[C@@H]21. The van der Waals surface area contributed by atoms with Crippen LogP contribution >= 0.6 is 0 Å². The third kappa shape index (κ3) is 1.99. The average Bonchev–Trinajstić information content (AvgIpc) is 2.73. The van der Waals surface area contributed by atoms with Crippen molar-refractivity contribution in [3.05, 3.63) is 0 Å². The molecule has 1 aliphatic carbocycles. The molecule has 1 saturated carbocycles. The number of nitrogens with zero attached hydrogens (tertiary/aromatic N) is 1. The number of amides is 2. The fraction of sp³-hybridized carbons (Fsp3) is 0.818. The zero-order chi connectivity index (χ0) is 12.1. The number of carbonyl (C=O) groups is 2. The number of hydrogen-bond donors (Lipinski definition) is 1. The van der Waals surface area contributed by atoms with Crippen LogP contribution in [0.4, 0.5) is 4.79 Å². The first-order valence-corrected chi connectivity index (χ1v) is 5.60. The van der Waals surface area contributed by atoms with Crippen LogP contribution in [0, 0.1) is 5.92 Å². The molecule has 2 rings (SSSR count). The monoisotopic (exact) mass is 226 g/mol. The third-order valence-electron chi connectivity index (χ3n) is 3.04. The predicted octanol–water partition coefficient (Wildman–Crippen LogP) is 0.870. The Bertz CT molecular complexity index is 335. The summed E-state index contributed by atoms with van der Waals surface area (Å²) in [5, 5.41) is 0. The maximum absolute atomic E-state index is 11.9. The van der Waals surface area contributed by atoms with Gasteiger partial charge in [0.15, 0.2) is 0 Å². The highest BCUT2D eigenvalue weighted by atomic mass is 16.6. The van der Waals surface area contributed by atoms with Crippen molar-refractivity contribution in [2.45, 2.75) is 51.3 Å². The van der Waals surface area contributed by atoms with Crippen molar-refractivity contribution in [1.29, 1.82) is 0 Å². The van der Waals surface area contributed by atoms with Gasteiger partial charge in [0.2, 0.25) is 5.91 Å². The second-order valence-corrected chi connectivity index (χ2v) is 5.60. The lowest BCUT2D eigenvalue weighted by atomic mass is 10.1. The van der Waals surface area contributed by atoms with E-state index in [-0.39, 0.29) is 6.04 Å². The summed E-state index contributed by atoms with van der Waals surface area (Å²) in [5.74, 6) is 0.0167. The van der Waals surface area contributed by atoms with E-state index in [0.29, 0.717) is 12.3 Å². The predicted molar refractivity (Wildman–Crippen MR) is 57.6 cm³/mol. The van der Waals surface area contributed by atoms with Gasteiger partial charge in [-0.15, -0.1) is 0 Å². The van der Waals surface area contributed by atoms with Crippen LogP contribution in [0.25, 0.3) is 0 Å². The normalized spacial score (nSPS) is 32.2. The molecule has 90 valence electrons. The lowest BCUT2D eigenvalue weighted by Crippen LogP contribution is -2.47.